The number of aromatic carboxylic acids is 1. The van der Waals surface area contributed by atoms with Gasteiger partial charge in [-0.2, -0.15) is 5.10 Å². The molecule has 18 heavy (non-hydrogen) atoms. The van der Waals surface area contributed by atoms with E-state index in [0.29, 0.717) is 5.56 Å². The van der Waals surface area contributed by atoms with Crippen molar-refractivity contribution in [3.8, 4) is 11.1 Å². The molecule has 94 valence electrons. The summed E-state index contributed by atoms with van der Waals surface area (Å²) in [5, 5.41) is 13.5. The van der Waals surface area contributed by atoms with Crippen LogP contribution in [-0.2, 0) is 7.05 Å². The summed E-state index contributed by atoms with van der Waals surface area (Å²) >= 11 is 0. The van der Waals surface area contributed by atoms with Crippen LogP contribution < -0.4 is 0 Å². The highest BCUT2D eigenvalue weighted by atomic mass is 16.4. The van der Waals surface area contributed by atoms with Crippen molar-refractivity contribution in [1.29, 1.82) is 0 Å². The second-order valence-electron chi connectivity index (χ2n) is 4.45. The van der Waals surface area contributed by atoms with Crippen molar-refractivity contribution in [3.05, 3.63) is 40.7 Å². The number of carbonyl (C=O) groups is 1. The van der Waals surface area contributed by atoms with Gasteiger partial charge in [-0.15, -0.1) is 0 Å². The van der Waals surface area contributed by atoms with E-state index in [0.717, 1.165) is 28.1 Å². The van der Waals surface area contributed by atoms with Gasteiger partial charge in [0.15, 0.2) is 0 Å². The fraction of sp³-hybridized carbons (Fsp3) is 0.286. The molecule has 2 rings (SSSR count). The molecular weight excluding hydrogens is 228 g/mol. The lowest BCUT2D eigenvalue weighted by Crippen LogP contribution is -2.01. The van der Waals surface area contributed by atoms with Crippen LogP contribution in [0.4, 0.5) is 0 Å². The van der Waals surface area contributed by atoms with E-state index in [1.165, 1.54) is 0 Å². The minimum atomic E-state index is -0.895. The van der Waals surface area contributed by atoms with Gasteiger partial charge < -0.3 is 5.11 Å². The van der Waals surface area contributed by atoms with E-state index in [4.69, 9.17) is 5.11 Å². The van der Waals surface area contributed by atoms with Crippen molar-refractivity contribution in [3.63, 3.8) is 0 Å². The molecule has 0 aliphatic rings. The molecule has 0 amide bonds. The monoisotopic (exact) mass is 244 g/mol. The number of nitrogens with zero attached hydrogens (tertiary/aromatic N) is 2. The van der Waals surface area contributed by atoms with E-state index in [9.17, 15) is 4.79 Å². The van der Waals surface area contributed by atoms with Crippen LogP contribution >= 0.6 is 0 Å². The van der Waals surface area contributed by atoms with Crippen molar-refractivity contribution in [1.82, 2.24) is 9.78 Å². The lowest BCUT2D eigenvalue weighted by atomic mass is 9.95. The maximum Gasteiger partial charge on any atom is 0.335 e. The Morgan fingerprint density at radius 3 is 2.44 bits per heavy atom. The standard InChI is InChI=1S/C14H16N2O2/c1-8-11(6-5-7-12(8)14(17)18)13-9(2)15-16(4)10(13)3/h5-7H,1-4H3,(H,17,18). The fourth-order valence-corrected chi connectivity index (χ4v) is 2.30. The third-order valence-electron chi connectivity index (χ3n) is 3.34. The molecule has 0 atom stereocenters. The van der Waals surface area contributed by atoms with Gasteiger partial charge in [0.05, 0.1) is 11.3 Å². The minimum absolute atomic E-state index is 0.343. The smallest absolute Gasteiger partial charge is 0.335 e. The van der Waals surface area contributed by atoms with Crippen LogP contribution in [0.3, 0.4) is 0 Å². The van der Waals surface area contributed by atoms with Gasteiger partial charge >= 0.3 is 5.97 Å². The zero-order chi connectivity index (χ0) is 13.4. The van der Waals surface area contributed by atoms with Crippen LogP contribution in [0.1, 0.15) is 27.3 Å². The molecule has 0 aliphatic heterocycles. The quantitative estimate of drug-likeness (QED) is 0.883. The summed E-state index contributed by atoms with van der Waals surface area (Å²) in [6.45, 7) is 5.77. The Labute approximate surface area is 106 Å². The molecule has 0 unspecified atom stereocenters. The third-order valence-corrected chi connectivity index (χ3v) is 3.34. The number of benzene rings is 1. The van der Waals surface area contributed by atoms with E-state index < -0.39 is 5.97 Å². The molecule has 4 heteroatoms. The number of carboxylic acid groups (broad SMARTS) is 1. The van der Waals surface area contributed by atoms with E-state index in [2.05, 4.69) is 5.10 Å². The molecule has 2 aromatic rings. The Kier molecular flexibility index (Phi) is 2.95. The van der Waals surface area contributed by atoms with Crippen LogP contribution in [-0.4, -0.2) is 20.9 Å². The molecule has 0 fully saturated rings. The summed E-state index contributed by atoms with van der Waals surface area (Å²) in [5.41, 5.74) is 5.05. The first kappa shape index (κ1) is 12.4. The highest BCUT2D eigenvalue weighted by Crippen LogP contribution is 2.30. The Hall–Kier alpha value is -2.10. The van der Waals surface area contributed by atoms with Crippen LogP contribution in [0.15, 0.2) is 18.2 Å². The molecular formula is C14H16N2O2. The molecule has 0 saturated carbocycles. The van der Waals surface area contributed by atoms with Crippen molar-refractivity contribution >= 4 is 5.97 Å². The van der Waals surface area contributed by atoms with Gasteiger partial charge in [0.2, 0.25) is 0 Å². The largest absolute Gasteiger partial charge is 0.478 e. The SMILES string of the molecule is Cc1nn(C)c(C)c1-c1cccc(C(=O)O)c1C. The molecule has 0 radical (unpaired) electrons. The second-order valence-corrected chi connectivity index (χ2v) is 4.45. The zero-order valence-electron chi connectivity index (χ0n) is 11.0. The van der Waals surface area contributed by atoms with Crippen LogP contribution in [0.2, 0.25) is 0 Å². The van der Waals surface area contributed by atoms with Gasteiger partial charge in [0, 0.05) is 18.3 Å². The lowest BCUT2D eigenvalue weighted by molar-refractivity contribution is 0.0696. The number of carboxylic acids is 1. The Morgan fingerprint density at radius 1 is 1.28 bits per heavy atom. The molecule has 4 nitrogen and oxygen atoms in total. The predicted molar refractivity (Wildman–Crippen MR) is 69.8 cm³/mol. The van der Waals surface area contributed by atoms with Gasteiger partial charge in [-0.1, -0.05) is 12.1 Å². The minimum Gasteiger partial charge on any atom is -0.478 e. The van der Waals surface area contributed by atoms with Crippen molar-refractivity contribution < 1.29 is 9.90 Å². The molecule has 0 bridgehead atoms. The van der Waals surface area contributed by atoms with E-state index in [1.54, 1.807) is 12.1 Å². The summed E-state index contributed by atoms with van der Waals surface area (Å²) in [7, 11) is 1.89. The Morgan fingerprint density at radius 2 is 1.94 bits per heavy atom. The third kappa shape index (κ3) is 1.79. The number of rotatable bonds is 2. The van der Waals surface area contributed by atoms with Gasteiger partial charge in [-0.25, -0.2) is 4.79 Å². The molecule has 1 aromatic carbocycles. The molecule has 0 saturated heterocycles. The Bertz CT molecular complexity index is 627. The molecule has 0 spiro atoms. The number of hydrogen-bond acceptors (Lipinski definition) is 2. The molecule has 1 heterocycles. The van der Waals surface area contributed by atoms with Crippen LogP contribution in [0.5, 0.6) is 0 Å². The highest BCUT2D eigenvalue weighted by Gasteiger charge is 2.17. The van der Waals surface area contributed by atoms with E-state index in [1.807, 2.05) is 38.6 Å². The van der Waals surface area contributed by atoms with Gasteiger partial charge in [-0.05, 0) is 38.0 Å². The lowest BCUT2D eigenvalue weighted by Gasteiger charge is -2.09. The van der Waals surface area contributed by atoms with Crippen molar-refractivity contribution in [2.75, 3.05) is 0 Å². The molecule has 1 aromatic heterocycles. The fourth-order valence-electron chi connectivity index (χ4n) is 2.30. The predicted octanol–water partition coefficient (Wildman–Crippen LogP) is 2.71. The first-order chi connectivity index (χ1) is 8.43. The molecule has 0 aliphatic carbocycles. The number of aryl methyl sites for hydroxylation is 2. The zero-order valence-corrected chi connectivity index (χ0v) is 11.0. The van der Waals surface area contributed by atoms with E-state index >= 15 is 0 Å². The van der Waals surface area contributed by atoms with E-state index in [-0.39, 0.29) is 0 Å². The highest BCUT2D eigenvalue weighted by molar-refractivity contribution is 5.92. The Balaban J connectivity index is 2.72. The summed E-state index contributed by atoms with van der Waals surface area (Å²) in [5.74, 6) is -0.895. The van der Waals surface area contributed by atoms with Crippen LogP contribution in [0, 0.1) is 20.8 Å². The maximum atomic E-state index is 11.2. The first-order valence-corrected chi connectivity index (χ1v) is 5.77. The summed E-state index contributed by atoms with van der Waals surface area (Å²) in [4.78, 5) is 11.2. The summed E-state index contributed by atoms with van der Waals surface area (Å²) < 4.78 is 1.82. The van der Waals surface area contributed by atoms with Gasteiger partial charge in [-0.3, -0.25) is 4.68 Å². The average molecular weight is 244 g/mol. The van der Waals surface area contributed by atoms with Crippen molar-refractivity contribution in [2.24, 2.45) is 7.05 Å². The summed E-state index contributed by atoms with van der Waals surface area (Å²) in [6, 6.07) is 5.35. The number of aromatic nitrogens is 2. The summed E-state index contributed by atoms with van der Waals surface area (Å²) in [6.07, 6.45) is 0. The average Bonchev–Trinajstić information content (AvgIpc) is 2.54. The first-order valence-electron chi connectivity index (χ1n) is 5.77. The van der Waals surface area contributed by atoms with Gasteiger partial charge in [0.25, 0.3) is 0 Å². The van der Waals surface area contributed by atoms with Crippen molar-refractivity contribution in [2.45, 2.75) is 20.8 Å². The topological polar surface area (TPSA) is 55.1 Å². The molecule has 1 N–H and O–H groups in total. The second kappa shape index (κ2) is 4.29. The maximum absolute atomic E-state index is 11.2. The number of hydrogen-bond donors (Lipinski definition) is 1. The van der Waals surface area contributed by atoms with Crippen LogP contribution in [0.25, 0.3) is 11.1 Å². The van der Waals surface area contributed by atoms with Gasteiger partial charge in [0.1, 0.15) is 0 Å². The normalized spacial score (nSPS) is 10.7.